The van der Waals surface area contributed by atoms with Crippen molar-refractivity contribution in [3.8, 4) is 5.75 Å². The topological polar surface area (TPSA) is 50.9 Å². The lowest BCUT2D eigenvalue weighted by molar-refractivity contribution is 0.415. The quantitative estimate of drug-likeness (QED) is 0.624. The predicted molar refractivity (Wildman–Crippen MR) is 93.1 cm³/mol. The van der Waals surface area contributed by atoms with E-state index in [4.69, 9.17) is 10.1 Å². The van der Waals surface area contributed by atoms with Crippen LogP contribution in [0.2, 0.25) is 0 Å². The van der Waals surface area contributed by atoms with Gasteiger partial charge in [-0.3, -0.25) is 10.4 Å². The Balaban J connectivity index is 1.86. The van der Waals surface area contributed by atoms with Crippen LogP contribution in [-0.4, -0.2) is 16.7 Å². The number of pyridine rings is 1. The number of rotatable bonds is 3. The number of nitrogens with zero attached hydrogens (tertiary/aromatic N) is 2. The lowest BCUT2D eigenvalue weighted by atomic mass is 10.1. The minimum absolute atomic E-state index is 0.529. The molecule has 2 aromatic carbocycles. The Hall–Kier alpha value is -2.66. The first kappa shape index (κ1) is 14.0. The van der Waals surface area contributed by atoms with E-state index in [1.54, 1.807) is 7.11 Å². The van der Waals surface area contributed by atoms with E-state index in [0.717, 1.165) is 32.4 Å². The van der Waals surface area contributed by atoms with Crippen molar-refractivity contribution < 1.29 is 4.74 Å². The Labute approximate surface area is 137 Å². The Kier molecular flexibility index (Phi) is 3.35. The van der Waals surface area contributed by atoms with Gasteiger partial charge >= 0.3 is 0 Å². The molecule has 0 unspecified atom stereocenters. The van der Waals surface area contributed by atoms with Crippen LogP contribution in [0.1, 0.15) is 5.56 Å². The minimum atomic E-state index is 0.529. The maximum absolute atomic E-state index is 8.30. The molecule has 4 nitrogen and oxygen atoms in total. The number of nitrogens with one attached hydrogen (secondary N) is 1. The summed E-state index contributed by atoms with van der Waals surface area (Å²) >= 11 is 1.46. The molecule has 0 fully saturated rings. The second-order valence-electron chi connectivity index (χ2n) is 5.32. The molecule has 4 aromatic rings. The van der Waals surface area contributed by atoms with E-state index in [1.165, 1.54) is 11.3 Å². The van der Waals surface area contributed by atoms with Crippen LogP contribution in [0.15, 0.2) is 54.7 Å². The summed E-state index contributed by atoms with van der Waals surface area (Å²) in [6.07, 6.45) is 1.81. The highest BCUT2D eigenvalue weighted by Crippen LogP contribution is 2.24. The summed E-state index contributed by atoms with van der Waals surface area (Å²) in [6, 6.07) is 16.1. The van der Waals surface area contributed by atoms with Gasteiger partial charge < -0.3 is 9.30 Å². The zero-order chi connectivity index (χ0) is 15.8. The van der Waals surface area contributed by atoms with Crippen LogP contribution in [0.25, 0.3) is 21.1 Å². The van der Waals surface area contributed by atoms with Gasteiger partial charge in [-0.1, -0.05) is 35.6 Å². The average Bonchev–Trinajstić information content (AvgIpc) is 2.90. The number of hydrogen-bond acceptors (Lipinski definition) is 4. The molecule has 23 heavy (non-hydrogen) atoms. The smallest absolute Gasteiger partial charge is 0.183 e. The first-order valence-corrected chi connectivity index (χ1v) is 8.12. The summed E-state index contributed by atoms with van der Waals surface area (Å²) in [5, 5.41) is 9.43. The molecule has 4 rings (SSSR count). The number of thiazole rings is 1. The summed E-state index contributed by atoms with van der Waals surface area (Å²) in [4.78, 5) is 5.04. The molecule has 0 aliphatic carbocycles. The van der Waals surface area contributed by atoms with Gasteiger partial charge in [-0.15, -0.1) is 0 Å². The monoisotopic (exact) mass is 321 g/mol. The highest BCUT2D eigenvalue weighted by atomic mass is 32.1. The van der Waals surface area contributed by atoms with Crippen LogP contribution < -0.4 is 9.54 Å². The highest BCUT2D eigenvalue weighted by Gasteiger charge is 2.09. The number of ether oxygens (including phenoxy) is 1. The van der Waals surface area contributed by atoms with Gasteiger partial charge in [0.25, 0.3) is 0 Å². The van der Waals surface area contributed by atoms with Gasteiger partial charge in [0.2, 0.25) is 0 Å². The summed E-state index contributed by atoms with van der Waals surface area (Å²) in [7, 11) is 1.66. The first-order valence-electron chi connectivity index (χ1n) is 7.31. The van der Waals surface area contributed by atoms with Gasteiger partial charge in [0.15, 0.2) is 4.80 Å². The number of benzene rings is 2. The van der Waals surface area contributed by atoms with Gasteiger partial charge in [0, 0.05) is 11.6 Å². The van der Waals surface area contributed by atoms with Crippen LogP contribution in [0.4, 0.5) is 0 Å². The molecule has 2 aromatic heterocycles. The first-order chi connectivity index (χ1) is 11.3. The number of aromatic nitrogens is 2. The third-order valence-corrected chi connectivity index (χ3v) is 4.91. The van der Waals surface area contributed by atoms with E-state index in [-0.39, 0.29) is 0 Å². The fraction of sp³-hybridized carbons (Fsp3) is 0.111. The van der Waals surface area contributed by atoms with E-state index in [0.29, 0.717) is 11.3 Å². The van der Waals surface area contributed by atoms with E-state index in [9.17, 15) is 0 Å². The Morgan fingerprint density at radius 3 is 2.91 bits per heavy atom. The molecule has 0 saturated heterocycles. The Morgan fingerprint density at radius 2 is 2.04 bits per heavy atom. The van der Waals surface area contributed by atoms with Crippen molar-refractivity contribution in [2.75, 3.05) is 7.11 Å². The molecule has 0 saturated carbocycles. The molecular weight excluding hydrogens is 306 g/mol. The molecular formula is C18H15N3OS. The normalized spacial score (nSPS) is 11.2. The summed E-state index contributed by atoms with van der Waals surface area (Å²) < 4.78 is 8.35. The lowest BCUT2D eigenvalue weighted by Gasteiger charge is -2.08. The molecule has 0 bridgehead atoms. The lowest BCUT2D eigenvalue weighted by Crippen LogP contribution is -2.14. The SMILES string of the molecule is COc1ccc2c(c1)sc(=N)n2Cc1cccc2cccnc12. The maximum Gasteiger partial charge on any atom is 0.183 e. The van der Waals surface area contributed by atoms with E-state index in [2.05, 4.69) is 23.2 Å². The second-order valence-corrected chi connectivity index (χ2v) is 6.35. The third-order valence-electron chi connectivity index (χ3n) is 3.95. The second kappa shape index (κ2) is 5.52. The summed E-state index contributed by atoms with van der Waals surface area (Å²) in [5.74, 6) is 0.817. The molecule has 5 heteroatoms. The molecule has 1 N–H and O–H groups in total. The average molecular weight is 321 g/mol. The molecule has 0 radical (unpaired) electrons. The maximum atomic E-state index is 8.30. The molecule has 0 aliphatic heterocycles. The molecule has 0 spiro atoms. The summed E-state index contributed by atoms with van der Waals surface area (Å²) in [6.45, 7) is 0.638. The molecule has 114 valence electrons. The zero-order valence-corrected chi connectivity index (χ0v) is 13.4. The number of methoxy groups -OCH3 is 1. The predicted octanol–water partition coefficient (Wildman–Crippen LogP) is 3.79. The fourth-order valence-electron chi connectivity index (χ4n) is 2.82. The number of hydrogen-bond donors (Lipinski definition) is 1. The van der Waals surface area contributed by atoms with Crippen LogP contribution in [0.3, 0.4) is 0 Å². The van der Waals surface area contributed by atoms with Gasteiger partial charge in [-0.05, 0) is 29.8 Å². The Morgan fingerprint density at radius 1 is 1.17 bits per heavy atom. The van der Waals surface area contributed by atoms with Crippen molar-refractivity contribution >= 4 is 32.5 Å². The van der Waals surface area contributed by atoms with Gasteiger partial charge in [-0.25, -0.2) is 0 Å². The zero-order valence-electron chi connectivity index (χ0n) is 12.6. The third kappa shape index (κ3) is 2.39. The van der Waals surface area contributed by atoms with Crippen LogP contribution >= 0.6 is 11.3 Å². The van der Waals surface area contributed by atoms with Gasteiger partial charge in [0.1, 0.15) is 5.75 Å². The molecule has 0 aliphatic rings. The minimum Gasteiger partial charge on any atom is -0.497 e. The van der Waals surface area contributed by atoms with E-state index < -0.39 is 0 Å². The van der Waals surface area contributed by atoms with Crippen LogP contribution in [0.5, 0.6) is 5.75 Å². The molecule has 0 amide bonds. The van der Waals surface area contributed by atoms with Crippen molar-refractivity contribution in [3.63, 3.8) is 0 Å². The highest BCUT2D eigenvalue weighted by molar-refractivity contribution is 7.16. The Bertz CT molecular complexity index is 1060. The van der Waals surface area contributed by atoms with Crippen molar-refractivity contribution in [1.29, 1.82) is 5.41 Å². The van der Waals surface area contributed by atoms with Gasteiger partial charge in [0.05, 0.1) is 29.4 Å². The van der Waals surface area contributed by atoms with Crippen LogP contribution in [-0.2, 0) is 6.54 Å². The number of fused-ring (bicyclic) bond motifs is 2. The largest absolute Gasteiger partial charge is 0.497 e. The summed E-state index contributed by atoms with van der Waals surface area (Å²) in [5.41, 5.74) is 3.17. The van der Waals surface area contributed by atoms with Crippen LogP contribution in [0, 0.1) is 5.41 Å². The van der Waals surface area contributed by atoms with Crippen molar-refractivity contribution in [3.05, 3.63) is 65.1 Å². The molecule has 0 atom stereocenters. The van der Waals surface area contributed by atoms with Crippen molar-refractivity contribution in [2.45, 2.75) is 6.54 Å². The van der Waals surface area contributed by atoms with Gasteiger partial charge in [-0.2, -0.15) is 0 Å². The standard InChI is InChI=1S/C18H15N3OS/c1-22-14-7-8-15-16(10-14)23-18(19)21(15)11-13-5-2-4-12-6-3-9-20-17(12)13/h2-10,19H,11H2,1H3. The van der Waals surface area contributed by atoms with Crippen molar-refractivity contribution in [1.82, 2.24) is 9.55 Å². The van der Waals surface area contributed by atoms with E-state index >= 15 is 0 Å². The fourth-order valence-corrected chi connectivity index (χ4v) is 3.76. The number of para-hydroxylation sites is 1. The van der Waals surface area contributed by atoms with E-state index in [1.807, 2.05) is 41.1 Å². The molecule has 2 heterocycles. The van der Waals surface area contributed by atoms with Crippen molar-refractivity contribution in [2.24, 2.45) is 0 Å².